The van der Waals surface area contributed by atoms with Gasteiger partial charge in [0.25, 0.3) is 0 Å². The van der Waals surface area contributed by atoms with E-state index >= 15 is 0 Å². The zero-order chi connectivity index (χ0) is 13.8. The van der Waals surface area contributed by atoms with Gasteiger partial charge in [-0.05, 0) is 18.0 Å². The lowest BCUT2D eigenvalue weighted by Gasteiger charge is -2.19. The van der Waals surface area contributed by atoms with E-state index in [9.17, 15) is 4.79 Å². The average Bonchev–Trinajstić information content (AvgIpc) is 2.39. The summed E-state index contributed by atoms with van der Waals surface area (Å²) in [5.41, 5.74) is 1.12. The molecule has 100 valence electrons. The van der Waals surface area contributed by atoms with Crippen LogP contribution in [0.4, 0.5) is 0 Å². The number of hydrogen-bond donors (Lipinski definition) is 1. The van der Waals surface area contributed by atoms with Crippen molar-refractivity contribution in [2.24, 2.45) is 5.92 Å². The largest absolute Gasteiger partial charge is 0.481 e. The number of nitrogens with zero attached hydrogens (tertiary/aromatic N) is 2. The highest BCUT2D eigenvalue weighted by atomic mass is 16.4. The van der Waals surface area contributed by atoms with Crippen LogP contribution in [0.2, 0.25) is 0 Å². The Morgan fingerprint density at radius 3 is 2.84 bits per heavy atom. The highest BCUT2D eigenvalue weighted by Crippen LogP contribution is 2.18. The van der Waals surface area contributed by atoms with Crippen LogP contribution in [0.25, 0.3) is 10.8 Å². The first-order valence-corrected chi connectivity index (χ1v) is 6.31. The summed E-state index contributed by atoms with van der Waals surface area (Å²) in [5, 5.41) is 11.2. The number of carboxylic acids is 1. The van der Waals surface area contributed by atoms with E-state index < -0.39 is 5.97 Å². The predicted molar refractivity (Wildman–Crippen MR) is 74.9 cm³/mol. The maximum atomic E-state index is 10.9. The Morgan fingerprint density at radius 1 is 1.37 bits per heavy atom. The predicted octanol–water partition coefficient (Wildman–Crippen LogP) is 2.39. The normalized spacial score (nSPS) is 12.8. The number of pyridine rings is 1. The van der Waals surface area contributed by atoms with Gasteiger partial charge < -0.3 is 10.0 Å². The first-order valence-electron chi connectivity index (χ1n) is 6.31. The second-order valence-electron chi connectivity index (χ2n) is 4.96. The minimum Gasteiger partial charge on any atom is -0.481 e. The smallest absolute Gasteiger partial charge is 0.307 e. The van der Waals surface area contributed by atoms with E-state index in [4.69, 9.17) is 5.11 Å². The van der Waals surface area contributed by atoms with E-state index in [1.165, 1.54) is 5.39 Å². The van der Waals surface area contributed by atoms with Gasteiger partial charge >= 0.3 is 5.97 Å². The second-order valence-corrected chi connectivity index (χ2v) is 4.96. The molecule has 0 fully saturated rings. The van der Waals surface area contributed by atoms with E-state index in [0.29, 0.717) is 13.1 Å². The molecule has 4 heteroatoms. The molecule has 2 aromatic rings. The standard InChI is InChI=1S/C15H18N2O2/c1-11(15(18)19)9-17(2)10-13-8-16-7-12-5-3-4-6-14(12)13/h3-8,11H,9-10H2,1-2H3,(H,18,19). The fourth-order valence-corrected chi connectivity index (χ4v) is 2.21. The minimum atomic E-state index is -0.761. The summed E-state index contributed by atoms with van der Waals surface area (Å²) < 4.78 is 0. The lowest BCUT2D eigenvalue weighted by molar-refractivity contribution is -0.141. The van der Waals surface area contributed by atoms with Crippen LogP contribution in [0.5, 0.6) is 0 Å². The van der Waals surface area contributed by atoms with Gasteiger partial charge in [-0.15, -0.1) is 0 Å². The molecule has 0 bridgehead atoms. The van der Waals surface area contributed by atoms with Crippen molar-refractivity contribution < 1.29 is 9.90 Å². The Balaban J connectivity index is 2.15. The summed E-state index contributed by atoms with van der Waals surface area (Å²) in [5.74, 6) is -1.13. The molecular weight excluding hydrogens is 240 g/mol. The van der Waals surface area contributed by atoms with E-state index in [-0.39, 0.29) is 5.92 Å². The lowest BCUT2D eigenvalue weighted by atomic mass is 10.1. The fourth-order valence-electron chi connectivity index (χ4n) is 2.21. The minimum absolute atomic E-state index is 0.368. The van der Waals surface area contributed by atoms with E-state index in [1.807, 2.05) is 42.5 Å². The van der Waals surface area contributed by atoms with E-state index in [0.717, 1.165) is 10.9 Å². The van der Waals surface area contributed by atoms with Crippen LogP contribution >= 0.6 is 0 Å². The lowest BCUT2D eigenvalue weighted by Crippen LogP contribution is -2.28. The highest BCUT2D eigenvalue weighted by molar-refractivity contribution is 5.84. The van der Waals surface area contributed by atoms with Crippen LogP contribution in [0, 0.1) is 5.92 Å². The van der Waals surface area contributed by atoms with Crippen molar-refractivity contribution in [2.45, 2.75) is 13.5 Å². The summed E-state index contributed by atoms with van der Waals surface area (Å²) >= 11 is 0. The van der Waals surface area contributed by atoms with Crippen LogP contribution in [-0.2, 0) is 11.3 Å². The highest BCUT2D eigenvalue weighted by Gasteiger charge is 2.14. The summed E-state index contributed by atoms with van der Waals surface area (Å²) in [6.45, 7) is 2.95. The Kier molecular flexibility index (Phi) is 4.12. The number of benzene rings is 1. The van der Waals surface area contributed by atoms with Crippen molar-refractivity contribution in [2.75, 3.05) is 13.6 Å². The summed E-state index contributed by atoms with van der Waals surface area (Å²) in [4.78, 5) is 17.1. The molecule has 0 aliphatic rings. The number of carbonyl (C=O) groups is 1. The topological polar surface area (TPSA) is 53.4 Å². The first kappa shape index (κ1) is 13.5. The second kappa shape index (κ2) is 5.80. The van der Waals surface area contributed by atoms with Crippen molar-refractivity contribution in [1.29, 1.82) is 0 Å². The Bertz CT molecular complexity index is 578. The molecule has 2 rings (SSSR count). The van der Waals surface area contributed by atoms with Gasteiger partial charge in [0.05, 0.1) is 5.92 Å². The van der Waals surface area contributed by atoms with Crippen LogP contribution in [0.1, 0.15) is 12.5 Å². The Morgan fingerprint density at radius 2 is 2.11 bits per heavy atom. The molecule has 0 aliphatic carbocycles. The van der Waals surface area contributed by atoms with Gasteiger partial charge in [0.2, 0.25) is 0 Å². The first-order chi connectivity index (χ1) is 9.08. The van der Waals surface area contributed by atoms with Crippen LogP contribution < -0.4 is 0 Å². The third-order valence-corrected chi connectivity index (χ3v) is 3.20. The van der Waals surface area contributed by atoms with Gasteiger partial charge in [-0.25, -0.2) is 0 Å². The average molecular weight is 258 g/mol. The number of aliphatic carboxylic acids is 1. The van der Waals surface area contributed by atoms with E-state index in [1.54, 1.807) is 6.92 Å². The van der Waals surface area contributed by atoms with Crippen LogP contribution in [0.3, 0.4) is 0 Å². The molecule has 0 spiro atoms. The molecule has 0 saturated carbocycles. The molecule has 1 unspecified atom stereocenters. The molecule has 19 heavy (non-hydrogen) atoms. The molecule has 1 aromatic carbocycles. The molecule has 1 aromatic heterocycles. The molecular formula is C15H18N2O2. The molecule has 0 saturated heterocycles. The number of hydrogen-bond acceptors (Lipinski definition) is 3. The van der Waals surface area contributed by atoms with Crippen molar-refractivity contribution in [3.63, 3.8) is 0 Å². The summed E-state index contributed by atoms with van der Waals surface area (Å²) in [6, 6.07) is 8.10. The zero-order valence-electron chi connectivity index (χ0n) is 11.2. The molecule has 1 N–H and O–H groups in total. The van der Waals surface area contributed by atoms with Crippen molar-refractivity contribution in [3.8, 4) is 0 Å². The third-order valence-electron chi connectivity index (χ3n) is 3.20. The van der Waals surface area contributed by atoms with Gasteiger partial charge in [0.1, 0.15) is 0 Å². The number of fused-ring (bicyclic) bond motifs is 1. The van der Waals surface area contributed by atoms with Gasteiger partial charge in [0.15, 0.2) is 0 Å². The molecule has 0 aliphatic heterocycles. The van der Waals surface area contributed by atoms with Gasteiger partial charge in [-0.2, -0.15) is 0 Å². The number of aromatic nitrogens is 1. The van der Waals surface area contributed by atoms with Crippen molar-refractivity contribution in [1.82, 2.24) is 9.88 Å². The quantitative estimate of drug-likeness (QED) is 0.894. The van der Waals surface area contributed by atoms with Gasteiger partial charge in [0, 0.05) is 30.9 Å². The molecule has 4 nitrogen and oxygen atoms in total. The van der Waals surface area contributed by atoms with Crippen LogP contribution in [0.15, 0.2) is 36.7 Å². The summed E-state index contributed by atoms with van der Waals surface area (Å²) in [6.07, 6.45) is 3.70. The summed E-state index contributed by atoms with van der Waals surface area (Å²) in [7, 11) is 1.93. The number of carboxylic acid groups (broad SMARTS) is 1. The maximum absolute atomic E-state index is 10.9. The molecule has 0 radical (unpaired) electrons. The van der Waals surface area contributed by atoms with E-state index in [2.05, 4.69) is 11.1 Å². The third kappa shape index (κ3) is 3.29. The van der Waals surface area contributed by atoms with Gasteiger partial charge in [-0.1, -0.05) is 31.2 Å². The SMILES string of the molecule is CC(CN(C)Cc1cncc2ccccc12)C(=O)O. The zero-order valence-corrected chi connectivity index (χ0v) is 11.2. The monoisotopic (exact) mass is 258 g/mol. The number of rotatable bonds is 5. The van der Waals surface area contributed by atoms with Gasteiger partial charge in [-0.3, -0.25) is 9.78 Å². The molecule has 1 atom stereocenters. The maximum Gasteiger partial charge on any atom is 0.307 e. The van der Waals surface area contributed by atoms with Crippen LogP contribution in [-0.4, -0.2) is 34.6 Å². The molecule has 1 heterocycles. The van der Waals surface area contributed by atoms with Crippen molar-refractivity contribution >= 4 is 16.7 Å². The fraction of sp³-hybridized carbons (Fsp3) is 0.333. The van der Waals surface area contributed by atoms with Crippen molar-refractivity contribution in [3.05, 3.63) is 42.2 Å². The Hall–Kier alpha value is -1.94. The molecule has 0 amide bonds. The Labute approximate surface area is 112 Å².